The molecule has 3 aliphatic rings. The van der Waals surface area contributed by atoms with Crippen molar-refractivity contribution in [2.45, 2.75) is 45.1 Å². The van der Waals surface area contributed by atoms with Gasteiger partial charge in [0.2, 0.25) is 0 Å². The summed E-state index contributed by atoms with van der Waals surface area (Å²) in [6.07, 6.45) is 5.51. The van der Waals surface area contributed by atoms with E-state index in [0.717, 1.165) is 36.2 Å². The van der Waals surface area contributed by atoms with Gasteiger partial charge in [-0.25, -0.2) is 0 Å². The van der Waals surface area contributed by atoms with Crippen LogP contribution in [0.4, 0.5) is 0 Å². The van der Waals surface area contributed by atoms with E-state index in [9.17, 15) is 14.4 Å². The summed E-state index contributed by atoms with van der Waals surface area (Å²) in [5.41, 5.74) is 1.70. The third kappa shape index (κ3) is 4.41. The van der Waals surface area contributed by atoms with Crippen LogP contribution < -0.4 is 5.32 Å². The topological polar surface area (TPSA) is 75.7 Å². The number of methoxy groups -OCH3 is 1. The minimum atomic E-state index is -0.266. The average Bonchev–Trinajstić information content (AvgIpc) is 3.56. The minimum Gasteiger partial charge on any atom is -0.468 e. The van der Waals surface area contributed by atoms with Crippen LogP contribution in [0.1, 0.15) is 51.4 Å². The quantitative estimate of drug-likeness (QED) is 0.687. The molecule has 2 saturated carbocycles. The maximum atomic E-state index is 13.0. The Morgan fingerprint density at radius 2 is 2.00 bits per heavy atom. The Bertz CT molecular complexity index is 764. The zero-order valence-electron chi connectivity index (χ0n) is 15.7. The number of hydrogen-bond acceptors (Lipinski definition) is 6. The summed E-state index contributed by atoms with van der Waals surface area (Å²) in [6, 6.07) is 0. The fourth-order valence-corrected chi connectivity index (χ4v) is 4.94. The summed E-state index contributed by atoms with van der Waals surface area (Å²) in [5, 5.41) is 3.07. The van der Waals surface area contributed by atoms with Crippen molar-refractivity contribution >= 4 is 29.0 Å². The molecular weight excluding hydrogens is 364 g/mol. The van der Waals surface area contributed by atoms with Crippen LogP contribution in [-0.2, 0) is 33.7 Å². The minimum absolute atomic E-state index is 0.0575. The molecule has 0 spiro atoms. The first-order valence-corrected chi connectivity index (χ1v) is 10.6. The van der Waals surface area contributed by atoms with Gasteiger partial charge in [-0.05, 0) is 43.6 Å². The number of esters is 1. The van der Waals surface area contributed by atoms with Crippen molar-refractivity contribution in [1.82, 2.24) is 10.2 Å². The second kappa shape index (κ2) is 7.72. The molecule has 0 atom stereocenters. The lowest BCUT2D eigenvalue weighted by molar-refractivity contribution is -0.142. The Labute approximate surface area is 163 Å². The third-order valence-corrected chi connectivity index (χ3v) is 6.92. The summed E-state index contributed by atoms with van der Waals surface area (Å²) < 4.78 is 4.78. The van der Waals surface area contributed by atoms with E-state index in [-0.39, 0.29) is 30.1 Å². The predicted molar refractivity (Wildman–Crippen MR) is 102 cm³/mol. The van der Waals surface area contributed by atoms with Gasteiger partial charge in [0.1, 0.15) is 5.78 Å². The van der Waals surface area contributed by atoms with Gasteiger partial charge < -0.3 is 10.1 Å². The zero-order valence-corrected chi connectivity index (χ0v) is 16.5. The van der Waals surface area contributed by atoms with Crippen molar-refractivity contribution in [3.63, 3.8) is 0 Å². The highest BCUT2D eigenvalue weighted by Gasteiger charge is 2.34. The molecule has 0 radical (unpaired) electrons. The van der Waals surface area contributed by atoms with Crippen molar-refractivity contribution in [2.75, 3.05) is 26.7 Å². The van der Waals surface area contributed by atoms with E-state index in [2.05, 4.69) is 5.32 Å². The number of carbonyl (C=O) groups is 3. The van der Waals surface area contributed by atoms with E-state index in [1.165, 1.54) is 24.8 Å². The van der Waals surface area contributed by atoms with Crippen LogP contribution in [0.15, 0.2) is 0 Å². The van der Waals surface area contributed by atoms with E-state index in [4.69, 9.17) is 4.74 Å². The number of carbonyl (C=O) groups excluding carboxylic acids is 3. The largest absolute Gasteiger partial charge is 0.468 e. The molecule has 1 aromatic heterocycles. The molecule has 2 fully saturated rings. The Morgan fingerprint density at radius 1 is 1.22 bits per heavy atom. The molecule has 7 heteroatoms. The number of nitrogens with one attached hydrogen (secondary N) is 1. The SMILES string of the molecule is COC(=O)CN1CCc2sc(CC(=O)C3CC3)c(C(=O)NCC3CC3)c2C1. The Balaban J connectivity index is 1.56. The molecule has 2 aliphatic carbocycles. The molecule has 0 aromatic carbocycles. The predicted octanol–water partition coefficient (Wildman–Crippen LogP) is 1.94. The monoisotopic (exact) mass is 390 g/mol. The van der Waals surface area contributed by atoms with Crippen LogP contribution in [0.3, 0.4) is 0 Å². The van der Waals surface area contributed by atoms with Gasteiger partial charge in [0, 0.05) is 41.7 Å². The summed E-state index contributed by atoms with van der Waals surface area (Å²) in [7, 11) is 1.39. The fraction of sp³-hybridized carbons (Fsp3) is 0.650. The molecule has 6 nitrogen and oxygen atoms in total. The molecule has 1 aliphatic heterocycles. The maximum Gasteiger partial charge on any atom is 0.319 e. The number of amides is 1. The Hall–Kier alpha value is -1.73. The maximum absolute atomic E-state index is 13.0. The summed E-state index contributed by atoms with van der Waals surface area (Å²) in [5.74, 6) is 0.741. The van der Waals surface area contributed by atoms with E-state index >= 15 is 0 Å². The standard InChI is InChI=1S/C20H26N2O4S/c1-26-18(24)11-22-7-6-16-14(10-22)19(20(25)21-9-12-2-3-12)17(27-16)8-15(23)13-4-5-13/h12-13H,2-11H2,1H3,(H,21,25). The highest BCUT2D eigenvalue weighted by Crippen LogP contribution is 2.37. The van der Waals surface area contributed by atoms with Crippen LogP contribution in [0.5, 0.6) is 0 Å². The molecule has 27 heavy (non-hydrogen) atoms. The first kappa shape index (κ1) is 18.6. The van der Waals surface area contributed by atoms with E-state index < -0.39 is 0 Å². The van der Waals surface area contributed by atoms with Crippen LogP contribution in [0, 0.1) is 11.8 Å². The van der Waals surface area contributed by atoms with Crippen molar-refractivity contribution < 1.29 is 19.1 Å². The normalized spacial score (nSPS) is 19.4. The molecule has 146 valence electrons. The molecule has 2 heterocycles. The van der Waals surface area contributed by atoms with Gasteiger partial charge in [0.05, 0.1) is 19.2 Å². The lowest BCUT2D eigenvalue weighted by atomic mass is 10.00. The van der Waals surface area contributed by atoms with Gasteiger partial charge in [0.15, 0.2) is 0 Å². The highest BCUT2D eigenvalue weighted by molar-refractivity contribution is 7.12. The van der Waals surface area contributed by atoms with Crippen LogP contribution in [0.2, 0.25) is 0 Å². The summed E-state index contributed by atoms with van der Waals surface area (Å²) in [6.45, 7) is 2.27. The van der Waals surface area contributed by atoms with Crippen molar-refractivity contribution in [3.8, 4) is 0 Å². The summed E-state index contributed by atoms with van der Waals surface area (Å²) in [4.78, 5) is 41.1. The average molecular weight is 391 g/mol. The summed E-state index contributed by atoms with van der Waals surface area (Å²) >= 11 is 1.62. The second-order valence-electron chi connectivity index (χ2n) is 7.91. The number of ether oxygens (including phenoxy) is 1. The fourth-order valence-electron chi connectivity index (χ4n) is 3.63. The second-order valence-corrected chi connectivity index (χ2v) is 9.10. The number of hydrogen-bond donors (Lipinski definition) is 1. The molecule has 0 unspecified atom stereocenters. The number of rotatable bonds is 8. The molecule has 0 saturated heterocycles. The number of ketones is 1. The molecule has 1 aromatic rings. The van der Waals surface area contributed by atoms with Crippen LogP contribution in [0.25, 0.3) is 0 Å². The molecular formula is C20H26N2O4S. The molecule has 4 rings (SSSR count). The van der Waals surface area contributed by atoms with Gasteiger partial charge in [-0.1, -0.05) is 0 Å². The van der Waals surface area contributed by atoms with E-state index in [1.807, 2.05) is 4.90 Å². The van der Waals surface area contributed by atoms with Gasteiger partial charge in [-0.3, -0.25) is 19.3 Å². The van der Waals surface area contributed by atoms with Crippen molar-refractivity contribution in [3.05, 3.63) is 20.9 Å². The first-order chi connectivity index (χ1) is 13.0. The molecule has 1 amide bonds. The number of thiophene rings is 1. The van der Waals surface area contributed by atoms with Crippen LogP contribution in [-0.4, -0.2) is 49.3 Å². The zero-order chi connectivity index (χ0) is 19.0. The Kier molecular flexibility index (Phi) is 5.32. The number of Topliss-reactive ketones (excluding diaryl/α,β-unsaturated/α-hetero) is 1. The molecule has 1 N–H and O–H groups in total. The van der Waals surface area contributed by atoms with Gasteiger partial charge >= 0.3 is 5.97 Å². The Morgan fingerprint density at radius 3 is 2.67 bits per heavy atom. The smallest absolute Gasteiger partial charge is 0.319 e. The van der Waals surface area contributed by atoms with E-state index in [0.29, 0.717) is 31.0 Å². The van der Waals surface area contributed by atoms with Crippen molar-refractivity contribution in [2.24, 2.45) is 11.8 Å². The van der Waals surface area contributed by atoms with E-state index in [1.54, 1.807) is 11.3 Å². The lowest BCUT2D eigenvalue weighted by Gasteiger charge is -2.26. The first-order valence-electron chi connectivity index (χ1n) is 9.78. The van der Waals surface area contributed by atoms with Crippen molar-refractivity contribution in [1.29, 1.82) is 0 Å². The van der Waals surface area contributed by atoms with Gasteiger partial charge in [-0.2, -0.15) is 0 Å². The third-order valence-electron chi connectivity index (χ3n) is 5.62. The lowest BCUT2D eigenvalue weighted by Crippen LogP contribution is -2.36. The van der Waals surface area contributed by atoms with Gasteiger partial charge in [-0.15, -0.1) is 11.3 Å². The molecule has 0 bridgehead atoms. The number of fused-ring (bicyclic) bond motifs is 1. The highest BCUT2D eigenvalue weighted by atomic mass is 32.1. The van der Waals surface area contributed by atoms with Gasteiger partial charge in [0.25, 0.3) is 5.91 Å². The number of nitrogens with zero attached hydrogens (tertiary/aromatic N) is 1. The van der Waals surface area contributed by atoms with Crippen LogP contribution >= 0.6 is 11.3 Å².